The molecule has 2 aromatic rings. The van der Waals surface area contributed by atoms with Gasteiger partial charge in [0.15, 0.2) is 0 Å². The van der Waals surface area contributed by atoms with E-state index >= 15 is 0 Å². The summed E-state index contributed by atoms with van der Waals surface area (Å²) in [7, 11) is -0.359. The Morgan fingerprint density at radius 3 is 2.04 bits per heavy atom. The molecule has 1 fully saturated rings. The number of benzene rings is 1. The topological polar surface area (TPSA) is 36.3 Å². The summed E-state index contributed by atoms with van der Waals surface area (Å²) in [5.74, 6) is 0. The molecule has 1 saturated heterocycles. The summed E-state index contributed by atoms with van der Waals surface area (Å²) in [5, 5.41) is 4.72. The highest BCUT2D eigenvalue weighted by molar-refractivity contribution is 6.63. The van der Waals surface area contributed by atoms with Crippen molar-refractivity contribution in [2.45, 2.75) is 66.2 Å². The van der Waals surface area contributed by atoms with Crippen molar-refractivity contribution in [1.82, 2.24) is 9.78 Å². The number of rotatable bonds is 3. The summed E-state index contributed by atoms with van der Waals surface area (Å²) in [4.78, 5) is 0. The number of hydrogen-bond acceptors (Lipinski definition) is 3. The van der Waals surface area contributed by atoms with Crippen molar-refractivity contribution in [3.8, 4) is 0 Å². The van der Waals surface area contributed by atoms with Crippen LogP contribution in [0.3, 0.4) is 0 Å². The van der Waals surface area contributed by atoms with Gasteiger partial charge >= 0.3 is 7.12 Å². The van der Waals surface area contributed by atoms with E-state index in [9.17, 15) is 0 Å². The average Bonchev–Trinajstić information content (AvgIpc) is 2.85. The molecule has 128 valence electrons. The lowest BCUT2D eigenvalue weighted by Crippen LogP contribution is -2.41. The molecule has 2 heterocycles. The molecule has 3 rings (SSSR count). The first-order valence-electron chi connectivity index (χ1n) is 8.56. The van der Waals surface area contributed by atoms with Crippen LogP contribution in [0, 0.1) is 20.8 Å². The lowest BCUT2D eigenvalue weighted by Gasteiger charge is -2.32. The maximum Gasteiger partial charge on any atom is 0.498 e. The van der Waals surface area contributed by atoms with Gasteiger partial charge in [0, 0.05) is 11.2 Å². The normalized spacial score (nSPS) is 19.0. The highest BCUT2D eigenvalue weighted by atomic mass is 16.7. The molecule has 5 heteroatoms. The Hall–Kier alpha value is -1.59. The molecular weight excluding hydrogens is 299 g/mol. The van der Waals surface area contributed by atoms with Crippen molar-refractivity contribution in [3.05, 3.63) is 46.8 Å². The predicted octanol–water partition coefficient (Wildman–Crippen LogP) is 3.16. The average molecular weight is 326 g/mol. The molecule has 0 bridgehead atoms. The third kappa shape index (κ3) is 2.91. The molecule has 1 aromatic heterocycles. The molecule has 1 aliphatic heterocycles. The summed E-state index contributed by atoms with van der Waals surface area (Å²) < 4.78 is 14.5. The van der Waals surface area contributed by atoms with E-state index in [2.05, 4.69) is 65.8 Å². The molecular formula is C19H27BN2O2. The number of nitrogens with zero attached hydrogens (tertiary/aromatic N) is 2. The number of aryl methyl sites for hydroxylation is 2. The van der Waals surface area contributed by atoms with E-state index in [0.717, 1.165) is 23.4 Å². The van der Waals surface area contributed by atoms with Gasteiger partial charge in [-0.3, -0.25) is 4.68 Å². The lowest BCUT2D eigenvalue weighted by molar-refractivity contribution is 0.00578. The van der Waals surface area contributed by atoms with Crippen LogP contribution in [-0.2, 0) is 15.9 Å². The first kappa shape index (κ1) is 17.2. The van der Waals surface area contributed by atoms with Gasteiger partial charge in [-0.05, 0) is 54.0 Å². The van der Waals surface area contributed by atoms with Crippen molar-refractivity contribution in [2.75, 3.05) is 0 Å². The molecule has 0 saturated carbocycles. The summed E-state index contributed by atoms with van der Waals surface area (Å²) >= 11 is 0. The zero-order valence-electron chi connectivity index (χ0n) is 15.8. The minimum Gasteiger partial charge on any atom is -0.399 e. The van der Waals surface area contributed by atoms with E-state index in [1.165, 1.54) is 11.1 Å². The van der Waals surface area contributed by atoms with Crippen LogP contribution in [0.2, 0.25) is 0 Å². The summed E-state index contributed by atoms with van der Waals surface area (Å²) in [6.07, 6.45) is 0. The lowest BCUT2D eigenvalue weighted by atomic mass is 9.77. The first-order valence-corrected chi connectivity index (χ1v) is 8.56. The first-order chi connectivity index (χ1) is 11.1. The van der Waals surface area contributed by atoms with E-state index in [-0.39, 0.29) is 18.3 Å². The van der Waals surface area contributed by atoms with Gasteiger partial charge in [-0.1, -0.05) is 29.8 Å². The van der Waals surface area contributed by atoms with Crippen LogP contribution >= 0.6 is 0 Å². The molecule has 0 N–H and O–H groups in total. The van der Waals surface area contributed by atoms with Crippen LogP contribution in [0.4, 0.5) is 0 Å². The van der Waals surface area contributed by atoms with E-state index in [4.69, 9.17) is 14.4 Å². The molecule has 1 aromatic carbocycles. The van der Waals surface area contributed by atoms with E-state index in [1.54, 1.807) is 0 Å². The Kier molecular flexibility index (Phi) is 4.13. The van der Waals surface area contributed by atoms with Crippen molar-refractivity contribution < 1.29 is 9.31 Å². The minimum atomic E-state index is -0.359. The predicted molar refractivity (Wildman–Crippen MR) is 97.7 cm³/mol. The Morgan fingerprint density at radius 1 is 0.958 bits per heavy atom. The fourth-order valence-electron chi connectivity index (χ4n) is 3.03. The van der Waals surface area contributed by atoms with Gasteiger partial charge < -0.3 is 9.31 Å². The van der Waals surface area contributed by atoms with Gasteiger partial charge in [-0.15, -0.1) is 0 Å². The van der Waals surface area contributed by atoms with Gasteiger partial charge in [-0.2, -0.15) is 5.10 Å². The maximum absolute atomic E-state index is 6.22. The van der Waals surface area contributed by atoms with Crippen molar-refractivity contribution in [2.24, 2.45) is 0 Å². The van der Waals surface area contributed by atoms with Crippen molar-refractivity contribution in [3.63, 3.8) is 0 Å². The monoisotopic (exact) mass is 326 g/mol. The van der Waals surface area contributed by atoms with E-state index in [1.807, 2.05) is 11.6 Å². The molecule has 0 unspecified atom stereocenters. The van der Waals surface area contributed by atoms with Gasteiger partial charge in [0.25, 0.3) is 0 Å². The zero-order valence-corrected chi connectivity index (χ0v) is 15.8. The van der Waals surface area contributed by atoms with Crippen molar-refractivity contribution >= 4 is 12.6 Å². The van der Waals surface area contributed by atoms with Gasteiger partial charge in [0.2, 0.25) is 0 Å². The standard InChI is InChI=1S/C19H27BN2O2/c1-13-8-10-16(11-9-13)12-22-15(3)17(14(2)21-22)20-23-18(4,5)19(6,7)24-20/h8-11H,12H2,1-7H3. The second-order valence-corrected chi connectivity index (χ2v) is 7.82. The molecule has 4 nitrogen and oxygen atoms in total. The third-order valence-electron chi connectivity index (χ3n) is 5.38. The second-order valence-electron chi connectivity index (χ2n) is 7.82. The van der Waals surface area contributed by atoms with Crippen LogP contribution < -0.4 is 5.46 Å². The summed E-state index contributed by atoms with van der Waals surface area (Å²) in [5.41, 5.74) is 4.97. The van der Waals surface area contributed by atoms with Gasteiger partial charge in [0.05, 0.1) is 23.4 Å². The SMILES string of the molecule is Cc1ccc(Cn2nc(C)c(B3OC(C)(C)C(C)(C)O3)c2C)cc1. The molecule has 0 amide bonds. The maximum atomic E-state index is 6.22. The van der Waals surface area contributed by atoms with Crippen molar-refractivity contribution in [1.29, 1.82) is 0 Å². The smallest absolute Gasteiger partial charge is 0.399 e. The molecule has 0 atom stereocenters. The highest BCUT2D eigenvalue weighted by Gasteiger charge is 2.53. The Bertz CT molecular complexity index is 731. The summed E-state index contributed by atoms with van der Waals surface area (Å²) in [6, 6.07) is 8.58. The zero-order chi connectivity index (χ0) is 17.7. The Labute approximate surface area is 145 Å². The second kappa shape index (κ2) is 5.75. The summed E-state index contributed by atoms with van der Waals surface area (Å²) in [6.45, 7) is 15.3. The Balaban J connectivity index is 1.89. The van der Waals surface area contributed by atoms with Crippen LogP contribution in [0.25, 0.3) is 0 Å². The van der Waals surface area contributed by atoms with Gasteiger partial charge in [0.1, 0.15) is 0 Å². The van der Waals surface area contributed by atoms with E-state index < -0.39 is 0 Å². The minimum absolute atomic E-state index is 0.338. The largest absolute Gasteiger partial charge is 0.498 e. The highest BCUT2D eigenvalue weighted by Crippen LogP contribution is 2.36. The Morgan fingerprint density at radius 2 is 1.50 bits per heavy atom. The molecule has 0 radical (unpaired) electrons. The quantitative estimate of drug-likeness (QED) is 0.813. The molecule has 0 aliphatic carbocycles. The fourth-order valence-corrected chi connectivity index (χ4v) is 3.03. The third-order valence-corrected chi connectivity index (χ3v) is 5.38. The number of aromatic nitrogens is 2. The molecule has 0 spiro atoms. The van der Waals surface area contributed by atoms with E-state index in [0.29, 0.717) is 0 Å². The van der Waals surface area contributed by atoms with Gasteiger partial charge in [-0.25, -0.2) is 0 Å². The van der Waals surface area contributed by atoms with Crippen LogP contribution in [0.5, 0.6) is 0 Å². The van der Waals surface area contributed by atoms with Crippen LogP contribution in [-0.4, -0.2) is 28.1 Å². The fraction of sp³-hybridized carbons (Fsp3) is 0.526. The number of hydrogen-bond donors (Lipinski definition) is 0. The molecule has 1 aliphatic rings. The van der Waals surface area contributed by atoms with Crippen LogP contribution in [0.1, 0.15) is 50.2 Å². The van der Waals surface area contributed by atoms with Crippen LogP contribution in [0.15, 0.2) is 24.3 Å². The molecule has 24 heavy (non-hydrogen) atoms.